The Labute approximate surface area is 117 Å². The molecule has 1 heterocycles. The first kappa shape index (κ1) is 15.3. The van der Waals surface area contributed by atoms with E-state index in [1.807, 2.05) is 0 Å². The summed E-state index contributed by atoms with van der Waals surface area (Å²) in [4.78, 5) is 14.4. The zero-order chi connectivity index (χ0) is 15.6. The molecular weight excluding hydrogens is 289 g/mol. The molecule has 0 aliphatic heterocycles. The number of carbonyl (C=O) groups is 1. The number of halogens is 3. The largest absolute Gasteiger partial charge is 0.478 e. The van der Waals surface area contributed by atoms with Gasteiger partial charge in [0.15, 0.2) is 0 Å². The highest BCUT2D eigenvalue weighted by molar-refractivity contribution is 5.92. The van der Waals surface area contributed by atoms with Gasteiger partial charge in [-0.25, -0.2) is 9.78 Å². The maximum Gasteiger partial charge on any atom is 0.449 e. The van der Waals surface area contributed by atoms with Crippen molar-refractivity contribution in [2.75, 3.05) is 6.61 Å². The summed E-state index contributed by atoms with van der Waals surface area (Å²) in [6.45, 7) is -0.0462. The van der Waals surface area contributed by atoms with Crippen LogP contribution in [0.4, 0.5) is 13.2 Å². The Hall–Kier alpha value is -2.09. The summed E-state index contributed by atoms with van der Waals surface area (Å²) in [7, 11) is 0. The van der Waals surface area contributed by atoms with E-state index in [-0.39, 0.29) is 29.7 Å². The molecule has 0 amide bonds. The fourth-order valence-corrected chi connectivity index (χ4v) is 2.09. The molecule has 0 bridgehead atoms. The Morgan fingerprint density at radius 2 is 2.00 bits per heavy atom. The molecule has 0 saturated carbocycles. The van der Waals surface area contributed by atoms with Crippen molar-refractivity contribution in [2.45, 2.75) is 25.6 Å². The minimum Gasteiger partial charge on any atom is -0.478 e. The van der Waals surface area contributed by atoms with E-state index in [2.05, 4.69) is 4.98 Å². The van der Waals surface area contributed by atoms with Gasteiger partial charge in [-0.05, 0) is 31.0 Å². The number of hydrogen-bond acceptors (Lipinski definition) is 3. The SMILES string of the molecule is O=C(O)c1ccc2c(c1)nc(C(F)(F)F)n2CCCCO. The third kappa shape index (κ3) is 3.15. The highest BCUT2D eigenvalue weighted by Crippen LogP contribution is 2.32. The van der Waals surface area contributed by atoms with E-state index in [1.165, 1.54) is 12.1 Å². The molecule has 0 spiro atoms. The van der Waals surface area contributed by atoms with Crippen LogP contribution in [0.5, 0.6) is 0 Å². The Balaban J connectivity index is 2.53. The number of fused-ring (bicyclic) bond motifs is 1. The number of aromatic nitrogens is 2. The molecule has 0 aliphatic rings. The lowest BCUT2D eigenvalue weighted by Crippen LogP contribution is -2.15. The third-order valence-corrected chi connectivity index (χ3v) is 3.04. The predicted octanol–water partition coefficient (Wildman–Crippen LogP) is 2.53. The molecule has 5 nitrogen and oxygen atoms in total. The Morgan fingerprint density at radius 3 is 2.57 bits per heavy atom. The smallest absolute Gasteiger partial charge is 0.449 e. The predicted molar refractivity (Wildman–Crippen MR) is 68.0 cm³/mol. The van der Waals surface area contributed by atoms with Gasteiger partial charge in [0.1, 0.15) is 0 Å². The molecule has 0 fully saturated rings. The number of alkyl halides is 3. The van der Waals surface area contributed by atoms with Crippen LogP contribution < -0.4 is 0 Å². The van der Waals surface area contributed by atoms with Crippen LogP contribution in [0.1, 0.15) is 29.0 Å². The molecule has 114 valence electrons. The van der Waals surface area contributed by atoms with Gasteiger partial charge >= 0.3 is 12.1 Å². The van der Waals surface area contributed by atoms with Crippen LogP contribution in [-0.4, -0.2) is 32.3 Å². The van der Waals surface area contributed by atoms with Gasteiger partial charge < -0.3 is 14.8 Å². The summed E-state index contributed by atoms with van der Waals surface area (Å²) in [6.07, 6.45) is -3.88. The summed E-state index contributed by atoms with van der Waals surface area (Å²) in [5, 5.41) is 17.6. The molecule has 21 heavy (non-hydrogen) atoms. The fraction of sp³-hybridized carbons (Fsp3) is 0.385. The number of carboxylic acid groups (broad SMARTS) is 1. The standard InChI is InChI=1S/C13H13F3N2O3/c14-13(15,16)12-17-9-7-8(11(20)21)3-4-10(9)18(12)5-1-2-6-19/h3-4,7,19H,1-2,5-6H2,(H,20,21). The topological polar surface area (TPSA) is 75.3 Å². The van der Waals surface area contributed by atoms with Gasteiger partial charge in [0.2, 0.25) is 5.82 Å². The summed E-state index contributed by atoms with van der Waals surface area (Å²) < 4.78 is 40.0. The molecule has 2 N–H and O–H groups in total. The van der Waals surface area contributed by atoms with E-state index >= 15 is 0 Å². The molecule has 8 heteroatoms. The molecule has 1 aromatic carbocycles. The number of benzene rings is 1. The number of rotatable bonds is 5. The lowest BCUT2D eigenvalue weighted by Gasteiger charge is -2.10. The van der Waals surface area contributed by atoms with E-state index in [4.69, 9.17) is 10.2 Å². The second-order valence-electron chi connectivity index (χ2n) is 4.52. The van der Waals surface area contributed by atoms with Crippen molar-refractivity contribution in [1.29, 1.82) is 0 Å². The van der Waals surface area contributed by atoms with Gasteiger partial charge in [-0.2, -0.15) is 13.2 Å². The highest BCUT2D eigenvalue weighted by Gasteiger charge is 2.37. The third-order valence-electron chi connectivity index (χ3n) is 3.04. The number of aliphatic hydroxyl groups excluding tert-OH is 1. The zero-order valence-electron chi connectivity index (χ0n) is 10.9. The first-order valence-electron chi connectivity index (χ1n) is 6.26. The summed E-state index contributed by atoms with van der Waals surface area (Å²) in [6, 6.07) is 3.68. The second-order valence-corrected chi connectivity index (χ2v) is 4.52. The molecule has 0 atom stereocenters. The van der Waals surface area contributed by atoms with Crippen molar-refractivity contribution < 1.29 is 28.2 Å². The molecule has 0 unspecified atom stereocenters. The zero-order valence-corrected chi connectivity index (χ0v) is 10.9. The minimum absolute atomic E-state index is 0.00813. The van der Waals surface area contributed by atoms with Crippen molar-refractivity contribution in [3.63, 3.8) is 0 Å². The number of imidazole rings is 1. The number of aromatic carboxylic acids is 1. The lowest BCUT2D eigenvalue weighted by atomic mass is 10.2. The minimum atomic E-state index is -4.62. The molecular formula is C13H13F3N2O3. The van der Waals surface area contributed by atoms with Crippen molar-refractivity contribution in [2.24, 2.45) is 0 Å². The molecule has 0 saturated heterocycles. The Bertz CT molecular complexity index is 664. The van der Waals surface area contributed by atoms with Crippen LogP contribution in [0.25, 0.3) is 11.0 Å². The lowest BCUT2D eigenvalue weighted by molar-refractivity contribution is -0.147. The van der Waals surface area contributed by atoms with Gasteiger partial charge in [-0.1, -0.05) is 0 Å². The van der Waals surface area contributed by atoms with Gasteiger partial charge in [0.05, 0.1) is 16.6 Å². The Morgan fingerprint density at radius 1 is 1.29 bits per heavy atom. The Kier molecular flexibility index (Phi) is 4.17. The number of carboxylic acids is 1. The van der Waals surface area contributed by atoms with E-state index in [1.54, 1.807) is 0 Å². The van der Waals surface area contributed by atoms with E-state index < -0.39 is 18.0 Å². The first-order chi connectivity index (χ1) is 9.84. The van der Waals surface area contributed by atoms with E-state index in [9.17, 15) is 18.0 Å². The van der Waals surface area contributed by atoms with Gasteiger partial charge in [0.25, 0.3) is 0 Å². The monoisotopic (exact) mass is 302 g/mol. The molecule has 1 aromatic heterocycles. The first-order valence-corrected chi connectivity index (χ1v) is 6.26. The number of hydrogen-bond donors (Lipinski definition) is 2. The van der Waals surface area contributed by atoms with Crippen LogP contribution in [-0.2, 0) is 12.7 Å². The number of aliphatic hydroxyl groups is 1. The number of unbranched alkanes of at least 4 members (excludes halogenated alkanes) is 1. The average Bonchev–Trinajstić information content (AvgIpc) is 2.77. The highest BCUT2D eigenvalue weighted by atomic mass is 19.4. The maximum atomic E-state index is 13.0. The molecule has 2 rings (SSSR count). The quantitative estimate of drug-likeness (QED) is 0.832. The second kappa shape index (κ2) is 5.72. The van der Waals surface area contributed by atoms with Crippen LogP contribution >= 0.6 is 0 Å². The van der Waals surface area contributed by atoms with E-state index in [0.29, 0.717) is 12.8 Å². The molecule has 0 radical (unpaired) electrons. The average molecular weight is 302 g/mol. The fourth-order valence-electron chi connectivity index (χ4n) is 2.09. The maximum absolute atomic E-state index is 13.0. The van der Waals surface area contributed by atoms with Crippen molar-refractivity contribution >= 4 is 17.0 Å². The van der Waals surface area contributed by atoms with Crippen LogP contribution in [0.3, 0.4) is 0 Å². The van der Waals surface area contributed by atoms with Crippen molar-refractivity contribution in [1.82, 2.24) is 9.55 Å². The van der Waals surface area contributed by atoms with Crippen LogP contribution in [0, 0.1) is 0 Å². The van der Waals surface area contributed by atoms with Gasteiger partial charge in [-0.15, -0.1) is 0 Å². The number of aryl methyl sites for hydroxylation is 1. The van der Waals surface area contributed by atoms with Crippen LogP contribution in [0.2, 0.25) is 0 Å². The summed E-state index contributed by atoms with van der Waals surface area (Å²) in [5.41, 5.74) is 0.104. The van der Waals surface area contributed by atoms with Gasteiger partial charge in [-0.3, -0.25) is 0 Å². The van der Waals surface area contributed by atoms with E-state index in [0.717, 1.165) is 10.6 Å². The van der Waals surface area contributed by atoms with Gasteiger partial charge in [0, 0.05) is 13.2 Å². The summed E-state index contributed by atoms with van der Waals surface area (Å²) >= 11 is 0. The molecule has 0 aliphatic carbocycles. The van der Waals surface area contributed by atoms with Crippen molar-refractivity contribution in [3.8, 4) is 0 Å². The normalized spacial score (nSPS) is 12.0. The summed E-state index contributed by atoms with van der Waals surface area (Å²) in [5.74, 6) is -2.28. The number of nitrogens with zero attached hydrogens (tertiary/aromatic N) is 2. The van der Waals surface area contributed by atoms with Crippen LogP contribution in [0.15, 0.2) is 18.2 Å². The molecule has 2 aromatic rings. The van der Waals surface area contributed by atoms with Crippen molar-refractivity contribution in [3.05, 3.63) is 29.6 Å².